The first-order valence-corrected chi connectivity index (χ1v) is 11.1. The molecule has 2 heterocycles. The Morgan fingerprint density at radius 3 is 2.51 bits per heavy atom. The van der Waals surface area contributed by atoms with Gasteiger partial charge in [-0.25, -0.2) is 4.79 Å². The number of cyclic esters (lactones) is 1. The summed E-state index contributed by atoms with van der Waals surface area (Å²) in [6, 6.07) is 11.5. The number of carbonyl (C=O) groups is 3. The molecule has 0 aliphatic carbocycles. The zero-order chi connectivity index (χ0) is 24.9. The predicted octanol–water partition coefficient (Wildman–Crippen LogP) is 1.77. The molecule has 2 aliphatic rings. The van der Waals surface area contributed by atoms with Crippen molar-refractivity contribution in [3.63, 3.8) is 0 Å². The summed E-state index contributed by atoms with van der Waals surface area (Å²) in [6.07, 6.45) is -1.23. The summed E-state index contributed by atoms with van der Waals surface area (Å²) >= 11 is 0. The Labute approximate surface area is 201 Å². The van der Waals surface area contributed by atoms with E-state index < -0.39 is 18.2 Å². The minimum Gasteiger partial charge on any atom is -0.490 e. The average Bonchev–Trinajstić information content (AvgIpc) is 3.23. The van der Waals surface area contributed by atoms with Gasteiger partial charge in [-0.05, 0) is 36.4 Å². The highest BCUT2D eigenvalue weighted by atomic mass is 16.6. The number of nitrogen functional groups attached to an aromatic ring is 1. The first-order valence-electron chi connectivity index (χ1n) is 11.1. The van der Waals surface area contributed by atoms with Crippen molar-refractivity contribution in [3.8, 4) is 11.5 Å². The number of anilines is 1. The average molecular weight is 482 g/mol. The van der Waals surface area contributed by atoms with Gasteiger partial charge in [-0.15, -0.1) is 0 Å². The second-order valence-corrected chi connectivity index (χ2v) is 8.02. The quantitative estimate of drug-likeness (QED) is 0.263. The molecule has 0 bridgehead atoms. The topological polar surface area (TPSA) is 144 Å². The van der Waals surface area contributed by atoms with E-state index in [1.807, 2.05) is 0 Å². The number of amides is 2. The highest BCUT2D eigenvalue weighted by molar-refractivity contribution is 6.02. The van der Waals surface area contributed by atoms with E-state index in [-0.39, 0.29) is 41.9 Å². The number of hydrogen-bond acceptors (Lipinski definition) is 8. The Morgan fingerprint density at radius 2 is 1.86 bits per heavy atom. The maximum absolute atomic E-state index is 12.6. The van der Waals surface area contributed by atoms with Gasteiger partial charge in [0.15, 0.2) is 11.9 Å². The van der Waals surface area contributed by atoms with Crippen molar-refractivity contribution >= 4 is 29.5 Å². The van der Waals surface area contributed by atoms with Crippen LogP contribution in [0, 0.1) is 5.41 Å². The molecule has 184 valence electrons. The molecule has 2 saturated heterocycles. The minimum absolute atomic E-state index is 0.0199. The number of benzene rings is 2. The number of morpholine rings is 1. The van der Waals surface area contributed by atoms with Crippen LogP contribution in [0.15, 0.2) is 42.5 Å². The second-order valence-electron chi connectivity index (χ2n) is 8.02. The lowest BCUT2D eigenvalue weighted by Crippen LogP contribution is -2.40. The molecule has 1 atom stereocenters. The van der Waals surface area contributed by atoms with Gasteiger partial charge in [0.2, 0.25) is 0 Å². The highest BCUT2D eigenvalue weighted by Gasteiger charge is 2.35. The Bertz CT molecular complexity index is 1130. The number of rotatable bonds is 7. The molecule has 0 aromatic heterocycles. The van der Waals surface area contributed by atoms with E-state index in [9.17, 15) is 14.4 Å². The van der Waals surface area contributed by atoms with E-state index in [2.05, 4.69) is 0 Å². The van der Waals surface area contributed by atoms with Crippen LogP contribution in [-0.4, -0.2) is 74.3 Å². The molecular weight excluding hydrogens is 456 g/mol. The van der Waals surface area contributed by atoms with Crippen LogP contribution in [-0.2, 0) is 14.3 Å². The van der Waals surface area contributed by atoms with Gasteiger partial charge in [-0.1, -0.05) is 6.07 Å². The molecule has 2 amide bonds. The van der Waals surface area contributed by atoms with Crippen LogP contribution < -0.4 is 20.1 Å². The molecule has 1 unspecified atom stereocenters. The van der Waals surface area contributed by atoms with E-state index >= 15 is 0 Å². The third kappa shape index (κ3) is 5.52. The maximum Gasteiger partial charge on any atom is 0.415 e. The number of nitrogens with zero attached hydrogens (tertiary/aromatic N) is 2. The number of amidine groups is 1. The van der Waals surface area contributed by atoms with Gasteiger partial charge >= 0.3 is 12.1 Å². The SMILES string of the molecule is CC(=O)Oc1c(C(=N)N)cccc1N1CC(COc2ccc(C(=O)N3CCOCC3)cc2)OC1=O. The summed E-state index contributed by atoms with van der Waals surface area (Å²) in [5.41, 5.74) is 6.63. The van der Waals surface area contributed by atoms with Crippen molar-refractivity contribution in [2.75, 3.05) is 44.4 Å². The van der Waals surface area contributed by atoms with E-state index in [1.54, 1.807) is 41.3 Å². The highest BCUT2D eigenvalue weighted by Crippen LogP contribution is 2.35. The Morgan fingerprint density at radius 1 is 1.14 bits per heavy atom. The molecule has 4 rings (SSSR count). The fourth-order valence-electron chi connectivity index (χ4n) is 3.84. The number of hydrogen-bond donors (Lipinski definition) is 2. The standard InChI is InChI=1S/C24H26N4O7/c1-15(29)34-21-19(22(25)26)3-2-4-20(21)28-13-18(35-24(28)31)14-33-17-7-5-16(6-8-17)23(30)27-9-11-32-12-10-27/h2-8,18H,9-14H2,1H3,(H3,25,26). The van der Waals surface area contributed by atoms with Gasteiger partial charge in [0.25, 0.3) is 5.91 Å². The molecule has 0 radical (unpaired) electrons. The van der Waals surface area contributed by atoms with E-state index in [0.717, 1.165) is 0 Å². The van der Waals surface area contributed by atoms with Crippen LogP contribution in [0.3, 0.4) is 0 Å². The lowest BCUT2D eigenvalue weighted by molar-refractivity contribution is -0.131. The van der Waals surface area contributed by atoms with Crippen LogP contribution >= 0.6 is 0 Å². The molecule has 0 spiro atoms. The number of nitrogens with two attached hydrogens (primary N) is 1. The summed E-state index contributed by atoms with van der Waals surface area (Å²) < 4.78 is 21.7. The molecule has 2 aromatic carbocycles. The van der Waals surface area contributed by atoms with Crippen molar-refractivity contribution in [3.05, 3.63) is 53.6 Å². The fraction of sp³-hybridized carbons (Fsp3) is 0.333. The molecule has 2 aliphatic heterocycles. The largest absolute Gasteiger partial charge is 0.490 e. The zero-order valence-electron chi connectivity index (χ0n) is 19.2. The lowest BCUT2D eigenvalue weighted by atomic mass is 10.1. The number of ether oxygens (including phenoxy) is 4. The summed E-state index contributed by atoms with van der Waals surface area (Å²) in [6.45, 7) is 3.64. The number of esters is 1. The predicted molar refractivity (Wildman–Crippen MR) is 125 cm³/mol. The minimum atomic E-state index is -0.640. The fourth-order valence-corrected chi connectivity index (χ4v) is 3.84. The van der Waals surface area contributed by atoms with Crippen LogP contribution in [0.5, 0.6) is 11.5 Å². The van der Waals surface area contributed by atoms with Crippen LogP contribution in [0.1, 0.15) is 22.8 Å². The van der Waals surface area contributed by atoms with Crippen molar-refractivity contribution in [1.29, 1.82) is 5.41 Å². The first kappa shape index (κ1) is 24.0. The third-order valence-electron chi connectivity index (χ3n) is 5.53. The number of para-hydroxylation sites is 1. The Kier molecular flexibility index (Phi) is 7.16. The molecule has 0 saturated carbocycles. The van der Waals surface area contributed by atoms with Crippen molar-refractivity contribution < 1.29 is 33.3 Å². The Balaban J connectivity index is 1.39. The molecule has 3 N–H and O–H groups in total. The zero-order valence-corrected chi connectivity index (χ0v) is 19.2. The van der Waals surface area contributed by atoms with Gasteiger partial charge in [0, 0.05) is 25.6 Å². The third-order valence-corrected chi connectivity index (χ3v) is 5.53. The van der Waals surface area contributed by atoms with Crippen molar-refractivity contribution in [2.45, 2.75) is 13.0 Å². The number of carbonyl (C=O) groups excluding carboxylic acids is 3. The first-order chi connectivity index (χ1) is 16.8. The van der Waals surface area contributed by atoms with Gasteiger partial charge in [-0.2, -0.15) is 0 Å². The number of nitrogens with one attached hydrogen (secondary N) is 1. The summed E-state index contributed by atoms with van der Waals surface area (Å²) in [7, 11) is 0. The summed E-state index contributed by atoms with van der Waals surface area (Å²) in [5, 5.41) is 7.74. The van der Waals surface area contributed by atoms with E-state index in [1.165, 1.54) is 17.9 Å². The van der Waals surface area contributed by atoms with E-state index in [0.29, 0.717) is 37.6 Å². The second kappa shape index (κ2) is 10.4. The molecule has 2 fully saturated rings. The normalized spacial score (nSPS) is 17.6. The molecule has 11 nitrogen and oxygen atoms in total. The van der Waals surface area contributed by atoms with Crippen molar-refractivity contribution in [1.82, 2.24) is 4.90 Å². The summed E-state index contributed by atoms with van der Waals surface area (Å²) in [4.78, 5) is 39.8. The summed E-state index contributed by atoms with van der Waals surface area (Å²) in [5.74, 6) is -0.422. The van der Waals surface area contributed by atoms with Gasteiger partial charge in [0.1, 0.15) is 18.2 Å². The van der Waals surface area contributed by atoms with Gasteiger partial charge in [-0.3, -0.25) is 19.9 Å². The molecule has 35 heavy (non-hydrogen) atoms. The maximum atomic E-state index is 12.6. The van der Waals surface area contributed by atoms with Crippen LogP contribution in [0.2, 0.25) is 0 Å². The van der Waals surface area contributed by atoms with Gasteiger partial charge in [0.05, 0.1) is 31.0 Å². The van der Waals surface area contributed by atoms with E-state index in [4.69, 9.17) is 30.1 Å². The molecule has 11 heteroatoms. The van der Waals surface area contributed by atoms with Crippen LogP contribution in [0.4, 0.5) is 10.5 Å². The van der Waals surface area contributed by atoms with Gasteiger partial charge < -0.3 is 29.6 Å². The lowest BCUT2D eigenvalue weighted by Gasteiger charge is -2.26. The Hall–Kier alpha value is -4.12. The molecular formula is C24H26N4O7. The van der Waals surface area contributed by atoms with Crippen molar-refractivity contribution in [2.24, 2.45) is 5.73 Å². The monoisotopic (exact) mass is 482 g/mol. The molecule has 2 aromatic rings. The smallest absolute Gasteiger partial charge is 0.415 e. The van der Waals surface area contributed by atoms with Crippen LogP contribution in [0.25, 0.3) is 0 Å².